The fourth-order valence-electron chi connectivity index (χ4n) is 1.74. The normalized spacial score (nSPS) is 12.3. The first kappa shape index (κ1) is 11.6. The number of imidazole rings is 1. The van der Waals surface area contributed by atoms with E-state index in [1.54, 1.807) is 13.8 Å². The summed E-state index contributed by atoms with van der Waals surface area (Å²) in [6.45, 7) is 5.62. The molecule has 2 rings (SSSR count). The Morgan fingerprint density at radius 3 is 2.69 bits per heavy atom. The van der Waals surface area contributed by atoms with E-state index in [4.69, 9.17) is 0 Å². The molecule has 0 unspecified atom stereocenters. The van der Waals surface area contributed by atoms with Crippen molar-refractivity contribution in [2.75, 3.05) is 0 Å². The summed E-state index contributed by atoms with van der Waals surface area (Å²) in [5.74, 6) is 0. The summed E-state index contributed by atoms with van der Waals surface area (Å²) in [6, 6.07) is 1.92. The van der Waals surface area contributed by atoms with Gasteiger partial charge >= 0.3 is 0 Å². The van der Waals surface area contributed by atoms with Crippen molar-refractivity contribution < 1.29 is 5.11 Å². The van der Waals surface area contributed by atoms with Gasteiger partial charge in [0.25, 0.3) is 0 Å². The second-order valence-corrected chi connectivity index (χ2v) is 5.36. The first-order chi connectivity index (χ1) is 7.41. The van der Waals surface area contributed by atoms with Crippen LogP contribution in [0.5, 0.6) is 0 Å². The molecule has 16 heavy (non-hydrogen) atoms. The minimum Gasteiger partial charge on any atom is -0.386 e. The zero-order chi connectivity index (χ0) is 11.9. The standard InChI is InChI=1S/C12H15BrN2O/c1-4-9-7-15-6-8(13)5-10(11(15)14-9)12(2,3)16/h5-7,16H,4H2,1-3H3. The zero-order valence-corrected chi connectivity index (χ0v) is 11.2. The Kier molecular flexibility index (Phi) is 2.80. The molecule has 0 aliphatic rings. The number of pyridine rings is 1. The Balaban J connectivity index is 2.76. The van der Waals surface area contributed by atoms with Gasteiger partial charge in [0, 0.05) is 22.4 Å². The van der Waals surface area contributed by atoms with Crippen molar-refractivity contribution >= 4 is 21.6 Å². The van der Waals surface area contributed by atoms with Crippen LogP contribution < -0.4 is 0 Å². The highest BCUT2D eigenvalue weighted by Gasteiger charge is 2.21. The van der Waals surface area contributed by atoms with Gasteiger partial charge in [0.15, 0.2) is 0 Å². The predicted molar refractivity (Wildman–Crippen MR) is 67.5 cm³/mol. The van der Waals surface area contributed by atoms with Gasteiger partial charge in [-0.3, -0.25) is 0 Å². The zero-order valence-electron chi connectivity index (χ0n) is 9.66. The first-order valence-electron chi connectivity index (χ1n) is 5.32. The Labute approximate surface area is 103 Å². The van der Waals surface area contributed by atoms with Gasteiger partial charge in [-0.1, -0.05) is 6.92 Å². The smallest absolute Gasteiger partial charge is 0.143 e. The number of nitrogens with zero attached hydrogens (tertiary/aromatic N) is 2. The van der Waals surface area contributed by atoms with Crippen molar-refractivity contribution in [2.24, 2.45) is 0 Å². The molecule has 0 aromatic carbocycles. The molecule has 2 aromatic heterocycles. The highest BCUT2D eigenvalue weighted by Crippen LogP contribution is 2.27. The molecular formula is C12H15BrN2O. The molecule has 0 saturated heterocycles. The van der Waals surface area contributed by atoms with Crippen LogP contribution in [0, 0.1) is 0 Å². The lowest BCUT2D eigenvalue weighted by atomic mass is 10.00. The Morgan fingerprint density at radius 1 is 1.44 bits per heavy atom. The van der Waals surface area contributed by atoms with Crippen LogP contribution in [-0.2, 0) is 12.0 Å². The summed E-state index contributed by atoms with van der Waals surface area (Å²) in [5.41, 5.74) is 1.80. The predicted octanol–water partition coefficient (Wildman–Crippen LogP) is 2.89. The minimum absolute atomic E-state index is 0.826. The van der Waals surface area contributed by atoms with Gasteiger partial charge in [-0.25, -0.2) is 4.98 Å². The van der Waals surface area contributed by atoms with E-state index in [1.807, 2.05) is 22.9 Å². The number of aliphatic hydroxyl groups is 1. The SMILES string of the molecule is CCc1cn2cc(Br)cc(C(C)(C)O)c2n1. The molecule has 0 saturated carbocycles. The fraction of sp³-hybridized carbons (Fsp3) is 0.417. The third-order valence-corrected chi connectivity index (χ3v) is 3.02. The van der Waals surface area contributed by atoms with Gasteiger partial charge in [0.1, 0.15) is 5.65 Å². The molecule has 0 fully saturated rings. The third kappa shape index (κ3) is 1.99. The van der Waals surface area contributed by atoms with Crippen LogP contribution in [0.1, 0.15) is 32.0 Å². The quantitative estimate of drug-likeness (QED) is 0.920. The molecular weight excluding hydrogens is 268 g/mol. The number of rotatable bonds is 2. The maximum absolute atomic E-state index is 10.1. The number of fused-ring (bicyclic) bond motifs is 1. The highest BCUT2D eigenvalue weighted by atomic mass is 79.9. The van der Waals surface area contributed by atoms with Crippen LogP contribution in [0.2, 0.25) is 0 Å². The van der Waals surface area contributed by atoms with E-state index in [2.05, 4.69) is 27.8 Å². The van der Waals surface area contributed by atoms with Crippen molar-refractivity contribution in [3.8, 4) is 0 Å². The van der Waals surface area contributed by atoms with Crippen LogP contribution in [0.25, 0.3) is 5.65 Å². The second kappa shape index (κ2) is 3.86. The van der Waals surface area contributed by atoms with Crippen LogP contribution in [0.15, 0.2) is 22.9 Å². The maximum Gasteiger partial charge on any atom is 0.143 e. The molecule has 2 heterocycles. The topological polar surface area (TPSA) is 37.5 Å². The molecule has 2 aromatic rings. The van der Waals surface area contributed by atoms with Gasteiger partial charge in [-0.2, -0.15) is 0 Å². The summed E-state index contributed by atoms with van der Waals surface area (Å²) in [6.07, 6.45) is 4.84. The average Bonchev–Trinajstić information content (AvgIpc) is 2.57. The summed E-state index contributed by atoms with van der Waals surface area (Å²) in [4.78, 5) is 4.52. The van der Waals surface area contributed by atoms with Crippen LogP contribution >= 0.6 is 15.9 Å². The van der Waals surface area contributed by atoms with E-state index in [-0.39, 0.29) is 0 Å². The van der Waals surface area contributed by atoms with E-state index in [9.17, 15) is 5.11 Å². The number of hydrogen-bond donors (Lipinski definition) is 1. The maximum atomic E-state index is 10.1. The first-order valence-corrected chi connectivity index (χ1v) is 6.11. The van der Waals surface area contributed by atoms with Gasteiger partial charge in [0.2, 0.25) is 0 Å². The third-order valence-electron chi connectivity index (χ3n) is 2.59. The van der Waals surface area contributed by atoms with Crippen molar-refractivity contribution in [1.29, 1.82) is 0 Å². The van der Waals surface area contributed by atoms with Crippen LogP contribution in [0.3, 0.4) is 0 Å². The van der Waals surface area contributed by atoms with E-state index >= 15 is 0 Å². The number of aromatic nitrogens is 2. The Hall–Kier alpha value is -0.870. The highest BCUT2D eigenvalue weighted by molar-refractivity contribution is 9.10. The summed E-state index contributed by atoms with van der Waals surface area (Å²) in [7, 11) is 0. The lowest BCUT2D eigenvalue weighted by Gasteiger charge is -2.18. The summed E-state index contributed by atoms with van der Waals surface area (Å²) in [5, 5.41) is 10.1. The van der Waals surface area contributed by atoms with Crippen molar-refractivity contribution in [3.05, 3.63) is 34.2 Å². The largest absolute Gasteiger partial charge is 0.386 e. The molecule has 0 atom stereocenters. The van der Waals surface area contributed by atoms with Crippen molar-refractivity contribution in [2.45, 2.75) is 32.8 Å². The second-order valence-electron chi connectivity index (χ2n) is 4.45. The molecule has 0 aliphatic heterocycles. The molecule has 0 bridgehead atoms. The lowest BCUT2D eigenvalue weighted by molar-refractivity contribution is 0.0795. The number of halogens is 1. The number of hydrogen-bond acceptors (Lipinski definition) is 2. The molecule has 0 amide bonds. The molecule has 0 radical (unpaired) electrons. The monoisotopic (exact) mass is 282 g/mol. The van der Waals surface area contributed by atoms with Gasteiger partial charge < -0.3 is 9.51 Å². The molecule has 86 valence electrons. The van der Waals surface area contributed by atoms with E-state index in [0.29, 0.717) is 0 Å². The molecule has 0 aliphatic carbocycles. The van der Waals surface area contributed by atoms with Crippen LogP contribution in [-0.4, -0.2) is 14.5 Å². The van der Waals surface area contributed by atoms with E-state index < -0.39 is 5.60 Å². The van der Waals surface area contributed by atoms with Gasteiger partial charge in [-0.15, -0.1) is 0 Å². The van der Waals surface area contributed by atoms with Crippen molar-refractivity contribution in [1.82, 2.24) is 9.38 Å². The van der Waals surface area contributed by atoms with Gasteiger partial charge in [-0.05, 0) is 42.3 Å². The Morgan fingerprint density at radius 2 is 2.12 bits per heavy atom. The molecule has 1 N–H and O–H groups in total. The average molecular weight is 283 g/mol. The van der Waals surface area contributed by atoms with E-state index in [0.717, 1.165) is 27.8 Å². The Bertz CT molecular complexity index is 526. The lowest BCUT2D eigenvalue weighted by Crippen LogP contribution is -2.17. The number of aryl methyl sites for hydroxylation is 1. The van der Waals surface area contributed by atoms with Gasteiger partial charge in [0.05, 0.1) is 11.3 Å². The summed E-state index contributed by atoms with van der Waals surface area (Å²) < 4.78 is 2.90. The van der Waals surface area contributed by atoms with Crippen molar-refractivity contribution in [3.63, 3.8) is 0 Å². The van der Waals surface area contributed by atoms with Crippen LogP contribution in [0.4, 0.5) is 0 Å². The summed E-state index contributed by atoms with van der Waals surface area (Å²) >= 11 is 3.45. The van der Waals surface area contributed by atoms with E-state index in [1.165, 1.54) is 0 Å². The molecule has 0 spiro atoms. The fourth-order valence-corrected chi connectivity index (χ4v) is 2.18. The molecule has 4 heteroatoms. The molecule has 3 nitrogen and oxygen atoms in total. The minimum atomic E-state index is -0.888.